The molecule has 0 spiro atoms. The van der Waals surface area contributed by atoms with E-state index in [0.29, 0.717) is 0 Å². The summed E-state index contributed by atoms with van der Waals surface area (Å²) >= 11 is 0. The Balaban J connectivity index is 1.95. The normalized spacial score (nSPS) is 15.1. The molecule has 0 saturated heterocycles. The lowest BCUT2D eigenvalue weighted by molar-refractivity contribution is 0.893. The van der Waals surface area contributed by atoms with Crippen LogP contribution in [0.25, 0.3) is 0 Å². The van der Waals surface area contributed by atoms with Crippen LogP contribution in [0.1, 0.15) is 18.0 Å². The number of anilines is 1. The van der Waals surface area contributed by atoms with Gasteiger partial charge in [0.2, 0.25) is 0 Å². The number of para-hydroxylation sites is 1. The van der Waals surface area contributed by atoms with Crippen molar-refractivity contribution in [3.63, 3.8) is 0 Å². The molecule has 2 aromatic rings. The zero-order chi connectivity index (χ0) is 13.8. The number of allylic oxidation sites excluding steroid dienone is 3. The molecule has 0 aromatic heterocycles. The van der Waals surface area contributed by atoms with E-state index in [9.17, 15) is 0 Å². The standard InChI is InChI=1S/C18H19NSi/c20-17-13-7-6-12-16(17)18(14-8-4-5-9-14)19-15-10-2-1-3-11-15/h1-8,10-13,18-19H,9H2,20H3. The average molecular weight is 277 g/mol. The van der Waals surface area contributed by atoms with Crippen molar-refractivity contribution in [2.75, 3.05) is 5.32 Å². The first-order valence-corrected chi connectivity index (χ1v) is 8.07. The van der Waals surface area contributed by atoms with E-state index in [1.54, 1.807) is 0 Å². The highest BCUT2D eigenvalue weighted by molar-refractivity contribution is 6.33. The van der Waals surface area contributed by atoms with E-state index in [-0.39, 0.29) is 6.04 Å². The summed E-state index contributed by atoms with van der Waals surface area (Å²) in [4.78, 5) is 0. The summed E-state index contributed by atoms with van der Waals surface area (Å²) in [5, 5.41) is 5.16. The van der Waals surface area contributed by atoms with Crippen molar-refractivity contribution < 1.29 is 0 Å². The molecule has 2 aromatic carbocycles. The Morgan fingerprint density at radius 3 is 2.40 bits per heavy atom. The van der Waals surface area contributed by atoms with E-state index in [2.05, 4.69) is 78.1 Å². The second kappa shape index (κ2) is 5.93. The summed E-state index contributed by atoms with van der Waals surface area (Å²) in [6.45, 7) is 0. The SMILES string of the molecule is [SiH3]c1ccccc1C(Nc1ccccc1)C1=CC=CC1. The van der Waals surface area contributed by atoms with Gasteiger partial charge < -0.3 is 5.32 Å². The van der Waals surface area contributed by atoms with Crippen LogP contribution in [-0.2, 0) is 0 Å². The maximum Gasteiger partial charge on any atom is 0.0731 e. The number of hydrogen-bond acceptors (Lipinski definition) is 1. The van der Waals surface area contributed by atoms with Crippen molar-refractivity contribution >= 4 is 21.1 Å². The molecule has 1 aliphatic carbocycles. The van der Waals surface area contributed by atoms with Crippen LogP contribution in [0, 0.1) is 0 Å². The molecule has 1 unspecified atom stereocenters. The molecule has 2 heteroatoms. The first kappa shape index (κ1) is 12.9. The van der Waals surface area contributed by atoms with Crippen molar-refractivity contribution in [2.45, 2.75) is 12.5 Å². The van der Waals surface area contributed by atoms with Crippen LogP contribution in [0.15, 0.2) is 78.4 Å². The summed E-state index contributed by atoms with van der Waals surface area (Å²) in [7, 11) is 1.07. The fourth-order valence-electron chi connectivity index (χ4n) is 2.66. The van der Waals surface area contributed by atoms with Gasteiger partial charge in [-0.1, -0.05) is 65.9 Å². The van der Waals surface area contributed by atoms with Crippen molar-refractivity contribution in [1.29, 1.82) is 0 Å². The van der Waals surface area contributed by atoms with E-state index < -0.39 is 0 Å². The Morgan fingerprint density at radius 1 is 0.950 bits per heavy atom. The first-order chi connectivity index (χ1) is 9.84. The van der Waals surface area contributed by atoms with Gasteiger partial charge in [0.15, 0.2) is 0 Å². The van der Waals surface area contributed by atoms with Gasteiger partial charge in [-0.25, -0.2) is 0 Å². The second-order valence-electron chi connectivity index (χ2n) is 5.17. The van der Waals surface area contributed by atoms with Gasteiger partial charge in [0, 0.05) is 15.9 Å². The van der Waals surface area contributed by atoms with Gasteiger partial charge >= 0.3 is 0 Å². The number of nitrogens with one attached hydrogen (secondary N) is 1. The van der Waals surface area contributed by atoms with E-state index in [4.69, 9.17) is 0 Å². The van der Waals surface area contributed by atoms with Gasteiger partial charge in [-0.05, 0) is 29.7 Å². The highest BCUT2D eigenvalue weighted by Gasteiger charge is 2.18. The predicted octanol–water partition coefficient (Wildman–Crippen LogP) is 2.72. The Bertz CT molecular complexity index is 643. The highest BCUT2D eigenvalue weighted by Crippen LogP contribution is 2.30. The van der Waals surface area contributed by atoms with Crippen LogP contribution in [0.5, 0.6) is 0 Å². The molecule has 20 heavy (non-hydrogen) atoms. The molecular weight excluding hydrogens is 258 g/mol. The molecule has 0 aliphatic heterocycles. The lowest BCUT2D eigenvalue weighted by Crippen LogP contribution is -2.21. The zero-order valence-electron chi connectivity index (χ0n) is 11.7. The largest absolute Gasteiger partial charge is 0.374 e. The maximum atomic E-state index is 3.69. The molecule has 0 saturated carbocycles. The van der Waals surface area contributed by atoms with Gasteiger partial charge in [0.1, 0.15) is 0 Å². The fourth-order valence-corrected chi connectivity index (χ4v) is 3.31. The molecule has 3 rings (SSSR count). The molecule has 0 fully saturated rings. The second-order valence-corrected chi connectivity index (χ2v) is 6.25. The van der Waals surface area contributed by atoms with Gasteiger partial charge in [-0.15, -0.1) is 0 Å². The van der Waals surface area contributed by atoms with Crippen molar-refractivity contribution in [1.82, 2.24) is 0 Å². The first-order valence-electron chi connectivity index (χ1n) is 7.07. The molecule has 0 heterocycles. The molecule has 100 valence electrons. The average Bonchev–Trinajstić information content (AvgIpc) is 3.01. The fraction of sp³-hybridized carbons (Fsp3) is 0.111. The number of benzene rings is 2. The smallest absolute Gasteiger partial charge is 0.0731 e. The van der Waals surface area contributed by atoms with E-state index in [1.165, 1.54) is 22.0 Å². The summed E-state index contributed by atoms with van der Waals surface area (Å²) < 4.78 is 0. The third kappa shape index (κ3) is 2.75. The molecular formula is C18H19NSi. The van der Waals surface area contributed by atoms with E-state index in [1.807, 2.05) is 0 Å². The summed E-state index contributed by atoms with van der Waals surface area (Å²) in [6, 6.07) is 19.5. The van der Waals surface area contributed by atoms with Crippen molar-refractivity contribution in [2.24, 2.45) is 0 Å². The van der Waals surface area contributed by atoms with Crippen LogP contribution < -0.4 is 10.5 Å². The Morgan fingerprint density at radius 2 is 1.70 bits per heavy atom. The van der Waals surface area contributed by atoms with E-state index >= 15 is 0 Å². The minimum Gasteiger partial charge on any atom is -0.374 e. The Labute approximate surface area is 123 Å². The topological polar surface area (TPSA) is 12.0 Å². The molecule has 0 amide bonds. The third-order valence-electron chi connectivity index (χ3n) is 3.75. The predicted molar refractivity (Wildman–Crippen MR) is 90.7 cm³/mol. The molecule has 0 radical (unpaired) electrons. The number of rotatable bonds is 4. The molecule has 1 atom stereocenters. The Hall–Kier alpha value is -2.06. The molecule has 1 aliphatic rings. The lowest BCUT2D eigenvalue weighted by Gasteiger charge is -2.23. The van der Waals surface area contributed by atoms with Crippen LogP contribution in [-0.4, -0.2) is 10.2 Å². The van der Waals surface area contributed by atoms with Gasteiger partial charge in [0.25, 0.3) is 0 Å². The molecule has 0 bridgehead atoms. The maximum absolute atomic E-state index is 3.69. The van der Waals surface area contributed by atoms with Crippen LogP contribution in [0.4, 0.5) is 5.69 Å². The summed E-state index contributed by atoms with van der Waals surface area (Å²) in [6.07, 6.45) is 7.67. The monoisotopic (exact) mass is 277 g/mol. The lowest BCUT2D eigenvalue weighted by atomic mass is 9.97. The van der Waals surface area contributed by atoms with E-state index in [0.717, 1.165) is 16.7 Å². The van der Waals surface area contributed by atoms with Crippen LogP contribution in [0.3, 0.4) is 0 Å². The zero-order valence-corrected chi connectivity index (χ0v) is 13.7. The quantitative estimate of drug-likeness (QED) is 0.847. The molecule has 1 N–H and O–H groups in total. The van der Waals surface area contributed by atoms with Gasteiger partial charge in [-0.2, -0.15) is 0 Å². The van der Waals surface area contributed by atoms with Crippen molar-refractivity contribution in [3.05, 3.63) is 84.0 Å². The third-order valence-corrected chi connectivity index (χ3v) is 4.67. The molecule has 1 nitrogen and oxygen atoms in total. The van der Waals surface area contributed by atoms with Crippen LogP contribution >= 0.6 is 0 Å². The van der Waals surface area contributed by atoms with Crippen LogP contribution in [0.2, 0.25) is 0 Å². The Kier molecular flexibility index (Phi) is 3.84. The minimum atomic E-state index is 0.279. The summed E-state index contributed by atoms with van der Waals surface area (Å²) in [5.41, 5.74) is 4.03. The number of hydrogen-bond donors (Lipinski definition) is 1. The van der Waals surface area contributed by atoms with Gasteiger partial charge in [0.05, 0.1) is 6.04 Å². The van der Waals surface area contributed by atoms with Gasteiger partial charge in [-0.3, -0.25) is 0 Å². The van der Waals surface area contributed by atoms with Crippen molar-refractivity contribution in [3.8, 4) is 0 Å². The minimum absolute atomic E-state index is 0.279. The summed E-state index contributed by atoms with van der Waals surface area (Å²) in [5.74, 6) is 0. The highest BCUT2D eigenvalue weighted by atomic mass is 28.1.